The van der Waals surface area contributed by atoms with Crippen molar-refractivity contribution in [2.75, 3.05) is 0 Å². The van der Waals surface area contributed by atoms with Gasteiger partial charge in [0.2, 0.25) is 0 Å². The Morgan fingerprint density at radius 2 is 1.72 bits per heavy atom. The maximum atomic E-state index is 9.38. The van der Waals surface area contributed by atoms with Crippen molar-refractivity contribution in [3.8, 4) is 5.75 Å². The Hall–Kier alpha value is -1.54. The van der Waals surface area contributed by atoms with E-state index in [2.05, 4.69) is 25.1 Å². The van der Waals surface area contributed by atoms with Crippen LogP contribution in [0.25, 0.3) is 10.8 Å². The molecule has 0 aliphatic carbocycles. The van der Waals surface area contributed by atoms with E-state index in [1.807, 2.05) is 25.1 Å². The second-order valence-electron chi connectivity index (χ2n) is 4.94. The zero-order chi connectivity index (χ0) is 13.1. The molecule has 1 N–H and O–H groups in total. The Kier molecular flexibility index (Phi) is 3.87. The van der Waals surface area contributed by atoms with Crippen molar-refractivity contribution in [1.29, 1.82) is 0 Å². The molecule has 0 fully saturated rings. The quantitative estimate of drug-likeness (QED) is 0.888. The fraction of sp³-hybridized carbons (Fsp3) is 0.375. The summed E-state index contributed by atoms with van der Waals surface area (Å²) in [6, 6.07) is 12.3. The molecule has 0 radical (unpaired) electrons. The zero-order valence-corrected chi connectivity index (χ0v) is 11.2. The SMILES string of the molecule is Cc1ccc(O[C@@H](C)C[C@@H](C)O)c2ccccc12. The lowest BCUT2D eigenvalue weighted by Crippen LogP contribution is -2.18. The Labute approximate surface area is 108 Å². The van der Waals surface area contributed by atoms with Gasteiger partial charge >= 0.3 is 0 Å². The lowest BCUT2D eigenvalue weighted by atomic mass is 10.0. The molecule has 0 amide bonds. The first-order chi connectivity index (χ1) is 8.58. The number of rotatable bonds is 4. The molecule has 0 aromatic heterocycles. The van der Waals surface area contributed by atoms with Crippen LogP contribution in [-0.2, 0) is 0 Å². The van der Waals surface area contributed by atoms with Crippen molar-refractivity contribution in [2.45, 2.75) is 39.4 Å². The molecule has 0 aliphatic rings. The van der Waals surface area contributed by atoms with Gasteiger partial charge < -0.3 is 9.84 Å². The van der Waals surface area contributed by atoms with E-state index in [-0.39, 0.29) is 12.2 Å². The average Bonchev–Trinajstić information content (AvgIpc) is 2.32. The molecule has 2 nitrogen and oxygen atoms in total. The predicted octanol–water partition coefficient (Wildman–Crippen LogP) is 3.69. The van der Waals surface area contributed by atoms with Gasteiger partial charge in [0, 0.05) is 11.8 Å². The van der Waals surface area contributed by atoms with Gasteiger partial charge in [-0.2, -0.15) is 0 Å². The van der Waals surface area contributed by atoms with Gasteiger partial charge in [-0.3, -0.25) is 0 Å². The van der Waals surface area contributed by atoms with Crippen molar-refractivity contribution < 1.29 is 9.84 Å². The van der Waals surface area contributed by atoms with Gasteiger partial charge in [-0.1, -0.05) is 30.3 Å². The highest BCUT2D eigenvalue weighted by Gasteiger charge is 2.10. The molecule has 96 valence electrons. The summed E-state index contributed by atoms with van der Waals surface area (Å²) in [5.41, 5.74) is 1.25. The number of hydrogen-bond acceptors (Lipinski definition) is 2. The highest BCUT2D eigenvalue weighted by molar-refractivity contribution is 5.90. The summed E-state index contributed by atoms with van der Waals surface area (Å²) in [7, 11) is 0. The molecular formula is C16H20O2. The van der Waals surface area contributed by atoms with Crippen molar-refractivity contribution in [2.24, 2.45) is 0 Å². The summed E-state index contributed by atoms with van der Waals surface area (Å²) in [6.07, 6.45) is 0.315. The number of aliphatic hydroxyl groups excluding tert-OH is 1. The Morgan fingerprint density at radius 1 is 1.06 bits per heavy atom. The Balaban J connectivity index is 2.31. The van der Waals surface area contributed by atoms with Gasteiger partial charge in [0.25, 0.3) is 0 Å². The van der Waals surface area contributed by atoms with Crippen molar-refractivity contribution in [3.05, 3.63) is 42.0 Å². The second-order valence-corrected chi connectivity index (χ2v) is 4.94. The molecule has 18 heavy (non-hydrogen) atoms. The van der Waals surface area contributed by atoms with Gasteiger partial charge in [0.15, 0.2) is 0 Å². The summed E-state index contributed by atoms with van der Waals surface area (Å²) in [5, 5.41) is 11.7. The number of fused-ring (bicyclic) bond motifs is 1. The Bertz CT molecular complexity index is 532. The molecule has 2 rings (SSSR count). The number of benzene rings is 2. The number of hydrogen-bond donors (Lipinski definition) is 1. The van der Waals surface area contributed by atoms with Crippen LogP contribution in [0, 0.1) is 6.92 Å². The van der Waals surface area contributed by atoms with E-state index in [4.69, 9.17) is 4.74 Å². The van der Waals surface area contributed by atoms with Gasteiger partial charge in [-0.15, -0.1) is 0 Å². The van der Waals surface area contributed by atoms with Gasteiger partial charge in [-0.25, -0.2) is 0 Å². The van der Waals surface area contributed by atoms with Crippen molar-refractivity contribution in [3.63, 3.8) is 0 Å². The molecule has 0 saturated heterocycles. The number of aliphatic hydroxyl groups is 1. The average molecular weight is 244 g/mol. The maximum Gasteiger partial charge on any atom is 0.127 e. The minimum atomic E-state index is -0.336. The lowest BCUT2D eigenvalue weighted by molar-refractivity contribution is 0.116. The first-order valence-electron chi connectivity index (χ1n) is 6.41. The molecule has 0 saturated carbocycles. The van der Waals surface area contributed by atoms with Crippen LogP contribution in [0.4, 0.5) is 0 Å². The van der Waals surface area contributed by atoms with E-state index in [1.165, 1.54) is 10.9 Å². The first-order valence-corrected chi connectivity index (χ1v) is 6.41. The zero-order valence-electron chi connectivity index (χ0n) is 11.2. The molecule has 0 aliphatic heterocycles. The largest absolute Gasteiger partial charge is 0.490 e. The number of aryl methyl sites for hydroxylation is 1. The molecule has 2 aromatic rings. The van der Waals surface area contributed by atoms with Crippen LogP contribution < -0.4 is 4.74 Å². The maximum absolute atomic E-state index is 9.38. The monoisotopic (exact) mass is 244 g/mol. The molecule has 2 heteroatoms. The molecule has 2 atom stereocenters. The van der Waals surface area contributed by atoms with Crippen molar-refractivity contribution >= 4 is 10.8 Å². The van der Waals surface area contributed by atoms with Crippen LogP contribution >= 0.6 is 0 Å². The van der Waals surface area contributed by atoms with E-state index >= 15 is 0 Å². The van der Waals surface area contributed by atoms with E-state index in [0.29, 0.717) is 6.42 Å². The lowest BCUT2D eigenvalue weighted by Gasteiger charge is -2.18. The van der Waals surface area contributed by atoms with Crippen molar-refractivity contribution in [1.82, 2.24) is 0 Å². The molecule has 0 spiro atoms. The molecular weight excluding hydrogens is 224 g/mol. The molecule has 2 aromatic carbocycles. The Morgan fingerprint density at radius 3 is 2.39 bits per heavy atom. The van der Waals surface area contributed by atoms with E-state index < -0.39 is 0 Å². The van der Waals surface area contributed by atoms with Crippen LogP contribution in [0.1, 0.15) is 25.8 Å². The third-order valence-electron chi connectivity index (χ3n) is 3.10. The van der Waals surface area contributed by atoms with Crippen LogP contribution in [0.5, 0.6) is 5.75 Å². The number of ether oxygens (including phenoxy) is 1. The van der Waals surface area contributed by atoms with Gasteiger partial charge in [-0.05, 0) is 37.8 Å². The van der Waals surface area contributed by atoms with E-state index in [9.17, 15) is 5.11 Å². The smallest absolute Gasteiger partial charge is 0.127 e. The highest BCUT2D eigenvalue weighted by atomic mass is 16.5. The standard InChI is InChI=1S/C16H20O2/c1-11-8-9-16(18-13(3)10-12(2)17)15-7-5-4-6-14(11)15/h4-9,12-13,17H,10H2,1-3H3/t12-,13+/m1/s1. The summed E-state index contributed by atoms with van der Waals surface area (Å²) in [5.74, 6) is 0.893. The van der Waals surface area contributed by atoms with Crippen LogP contribution in [0.15, 0.2) is 36.4 Å². The molecule has 0 heterocycles. The summed E-state index contributed by atoms with van der Waals surface area (Å²) >= 11 is 0. The first kappa shape index (κ1) is 12.9. The predicted molar refractivity (Wildman–Crippen MR) is 75.1 cm³/mol. The second kappa shape index (κ2) is 5.40. The van der Waals surface area contributed by atoms with Crippen LogP contribution in [-0.4, -0.2) is 17.3 Å². The van der Waals surface area contributed by atoms with Crippen LogP contribution in [0.3, 0.4) is 0 Å². The van der Waals surface area contributed by atoms with Gasteiger partial charge in [0.1, 0.15) is 5.75 Å². The topological polar surface area (TPSA) is 29.5 Å². The summed E-state index contributed by atoms with van der Waals surface area (Å²) in [4.78, 5) is 0. The minimum absolute atomic E-state index is 0.0103. The molecule has 0 unspecified atom stereocenters. The summed E-state index contributed by atoms with van der Waals surface area (Å²) in [6.45, 7) is 5.87. The molecule has 0 bridgehead atoms. The third-order valence-corrected chi connectivity index (χ3v) is 3.10. The third kappa shape index (κ3) is 2.82. The summed E-state index contributed by atoms with van der Waals surface area (Å²) < 4.78 is 5.93. The van der Waals surface area contributed by atoms with E-state index in [1.54, 1.807) is 6.92 Å². The highest BCUT2D eigenvalue weighted by Crippen LogP contribution is 2.29. The minimum Gasteiger partial charge on any atom is -0.490 e. The van der Waals surface area contributed by atoms with E-state index in [0.717, 1.165) is 11.1 Å². The van der Waals surface area contributed by atoms with Gasteiger partial charge in [0.05, 0.1) is 12.2 Å². The van der Waals surface area contributed by atoms with Crippen LogP contribution in [0.2, 0.25) is 0 Å². The fourth-order valence-corrected chi connectivity index (χ4v) is 2.27. The fourth-order valence-electron chi connectivity index (χ4n) is 2.27. The normalized spacial score (nSPS) is 14.4.